The molecular weight excluding hydrogens is 484 g/mol. The minimum atomic E-state index is 0.113. The molecule has 1 aromatic rings. The average Bonchev–Trinajstić information content (AvgIpc) is 3.24. The van der Waals surface area contributed by atoms with Gasteiger partial charge in [-0.25, -0.2) is 4.99 Å². The van der Waals surface area contributed by atoms with E-state index in [1.807, 2.05) is 7.11 Å². The first-order valence-electron chi connectivity index (χ1n) is 16.0. The summed E-state index contributed by atoms with van der Waals surface area (Å²) in [5.74, 6) is 2.90. The molecule has 39 heavy (non-hydrogen) atoms. The fourth-order valence-corrected chi connectivity index (χ4v) is 7.09. The fraction of sp³-hybridized carbons (Fsp3) is 0.781. The number of ether oxygens (including phenoxy) is 1. The fourth-order valence-electron chi connectivity index (χ4n) is 7.09. The number of fused-ring (bicyclic) bond motifs is 1. The first kappa shape index (κ1) is 28.7. The summed E-state index contributed by atoms with van der Waals surface area (Å²) in [4.78, 5) is 15.6. The van der Waals surface area contributed by atoms with Gasteiger partial charge in [0.1, 0.15) is 11.9 Å². The number of hydrogen-bond donors (Lipinski definition) is 1. The van der Waals surface area contributed by atoms with E-state index in [2.05, 4.69) is 57.9 Å². The van der Waals surface area contributed by atoms with E-state index in [1.54, 1.807) is 0 Å². The van der Waals surface area contributed by atoms with Crippen molar-refractivity contribution in [1.29, 1.82) is 0 Å². The summed E-state index contributed by atoms with van der Waals surface area (Å²) in [7, 11) is 4.08. The number of nitrogens with one attached hydrogen (secondary N) is 1. The van der Waals surface area contributed by atoms with Crippen LogP contribution in [0, 0.1) is 5.92 Å². The summed E-state index contributed by atoms with van der Waals surface area (Å²) in [5, 5.41) is 4.10. The lowest BCUT2D eigenvalue weighted by molar-refractivity contribution is 0.154. The molecule has 0 saturated carbocycles. The van der Waals surface area contributed by atoms with Gasteiger partial charge in [0.25, 0.3) is 0 Å². The summed E-state index contributed by atoms with van der Waals surface area (Å²) >= 11 is 0. The van der Waals surface area contributed by atoms with E-state index < -0.39 is 0 Å². The van der Waals surface area contributed by atoms with Gasteiger partial charge in [-0.05, 0) is 94.7 Å². The van der Waals surface area contributed by atoms with Gasteiger partial charge >= 0.3 is 0 Å². The van der Waals surface area contributed by atoms with Crippen molar-refractivity contribution in [2.45, 2.75) is 90.3 Å². The van der Waals surface area contributed by atoms with Gasteiger partial charge in [0.15, 0.2) is 0 Å². The van der Waals surface area contributed by atoms with Gasteiger partial charge in [0.05, 0.1) is 12.8 Å². The zero-order valence-corrected chi connectivity index (χ0v) is 25.3. The van der Waals surface area contributed by atoms with Crippen molar-refractivity contribution >= 4 is 11.6 Å². The van der Waals surface area contributed by atoms with E-state index >= 15 is 0 Å². The Morgan fingerprint density at radius 3 is 2.23 bits per heavy atom. The summed E-state index contributed by atoms with van der Waals surface area (Å²) in [6.45, 7) is 14.0. The quantitative estimate of drug-likeness (QED) is 0.488. The molecule has 0 spiro atoms. The highest BCUT2D eigenvalue weighted by Crippen LogP contribution is 2.39. The largest absolute Gasteiger partial charge is 0.496 e. The maximum absolute atomic E-state index is 6.01. The van der Waals surface area contributed by atoms with Crippen LogP contribution in [0.15, 0.2) is 17.1 Å². The van der Waals surface area contributed by atoms with E-state index in [1.165, 1.54) is 102 Å². The number of benzene rings is 1. The Labute approximate surface area is 237 Å². The van der Waals surface area contributed by atoms with Crippen molar-refractivity contribution in [1.82, 2.24) is 24.9 Å². The van der Waals surface area contributed by atoms with Crippen LogP contribution in [-0.4, -0.2) is 98.1 Å². The molecule has 0 amide bonds. The Morgan fingerprint density at radius 2 is 1.56 bits per heavy atom. The van der Waals surface area contributed by atoms with Gasteiger partial charge in [-0.1, -0.05) is 33.1 Å². The summed E-state index contributed by atoms with van der Waals surface area (Å²) in [5.41, 5.74) is 3.70. The van der Waals surface area contributed by atoms with Gasteiger partial charge in [-0.3, -0.25) is 5.32 Å². The molecule has 3 fully saturated rings. The molecule has 1 N–H and O–H groups in total. The smallest absolute Gasteiger partial charge is 0.203 e. The molecule has 7 heteroatoms. The molecule has 0 aromatic heterocycles. The van der Waals surface area contributed by atoms with Crippen molar-refractivity contribution in [3.63, 3.8) is 0 Å². The molecule has 218 valence electrons. The third-order valence-electron chi connectivity index (χ3n) is 9.29. The summed E-state index contributed by atoms with van der Waals surface area (Å²) in [6.07, 6.45) is 12.8. The topological polar surface area (TPSA) is 46.6 Å². The highest BCUT2D eigenvalue weighted by atomic mass is 16.5. The van der Waals surface area contributed by atoms with Crippen molar-refractivity contribution in [2.24, 2.45) is 10.9 Å². The highest BCUT2D eigenvalue weighted by Gasteiger charge is 2.34. The van der Waals surface area contributed by atoms with Crippen LogP contribution >= 0.6 is 0 Å². The molecular formula is C32H54N6O. The van der Waals surface area contributed by atoms with Gasteiger partial charge in [0, 0.05) is 44.8 Å². The second kappa shape index (κ2) is 13.7. The number of guanidine groups is 1. The zero-order chi connectivity index (χ0) is 27.2. The molecule has 1 atom stereocenters. The lowest BCUT2D eigenvalue weighted by Gasteiger charge is -2.43. The number of rotatable bonds is 8. The number of aliphatic imine (C=N–C) groups is 1. The van der Waals surface area contributed by atoms with Crippen LogP contribution in [0.4, 0.5) is 5.69 Å². The molecule has 1 unspecified atom stereocenters. The molecule has 3 saturated heterocycles. The Balaban J connectivity index is 1.39. The highest BCUT2D eigenvalue weighted by molar-refractivity contribution is 5.86. The van der Waals surface area contributed by atoms with E-state index in [4.69, 9.17) is 9.73 Å². The van der Waals surface area contributed by atoms with Crippen molar-refractivity contribution in [2.75, 3.05) is 66.5 Å². The van der Waals surface area contributed by atoms with Crippen molar-refractivity contribution in [3.8, 4) is 5.75 Å². The normalized spacial score (nSPS) is 24.0. The van der Waals surface area contributed by atoms with Crippen LogP contribution in [-0.2, 0) is 6.42 Å². The van der Waals surface area contributed by atoms with E-state index in [-0.39, 0.29) is 6.17 Å². The van der Waals surface area contributed by atoms with Crippen LogP contribution in [0.5, 0.6) is 5.75 Å². The molecule has 0 bridgehead atoms. The Morgan fingerprint density at radius 1 is 0.897 bits per heavy atom. The average molecular weight is 539 g/mol. The van der Waals surface area contributed by atoms with Gasteiger partial charge in [0.2, 0.25) is 5.96 Å². The number of piperidine rings is 2. The van der Waals surface area contributed by atoms with Crippen LogP contribution in [0.2, 0.25) is 0 Å². The molecule has 4 aliphatic rings. The summed E-state index contributed by atoms with van der Waals surface area (Å²) < 4.78 is 6.01. The first-order chi connectivity index (χ1) is 19.0. The molecule has 0 aliphatic carbocycles. The predicted octanol–water partition coefficient (Wildman–Crippen LogP) is 5.24. The molecule has 5 rings (SSSR count). The zero-order valence-electron chi connectivity index (χ0n) is 25.3. The maximum atomic E-state index is 6.01. The second-order valence-electron chi connectivity index (χ2n) is 12.8. The van der Waals surface area contributed by atoms with Gasteiger partial charge in [-0.15, -0.1) is 0 Å². The van der Waals surface area contributed by atoms with Gasteiger partial charge in [-0.2, -0.15) is 0 Å². The Kier molecular flexibility index (Phi) is 10.1. The van der Waals surface area contributed by atoms with Crippen molar-refractivity contribution < 1.29 is 4.74 Å². The van der Waals surface area contributed by atoms with Crippen LogP contribution in [0.1, 0.15) is 88.9 Å². The summed E-state index contributed by atoms with van der Waals surface area (Å²) in [6, 6.07) is 5.16. The SMILES string of the molecule is COc1cc2c(cc1CCN1CCCCC1)N=C(N1CCCCCC1)N(C)C2NC1CCN(CC(C)C)CC1. The van der Waals surface area contributed by atoms with Crippen LogP contribution in [0.3, 0.4) is 0 Å². The first-order valence-corrected chi connectivity index (χ1v) is 16.0. The van der Waals surface area contributed by atoms with E-state index in [9.17, 15) is 0 Å². The molecule has 1 aromatic carbocycles. The molecule has 4 aliphatic heterocycles. The van der Waals surface area contributed by atoms with Crippen LogP contribution in [0.25, 0.3) is 0 Å². The predicted molar refractivity (Wildman–Crippen MR) is 162 cm³/mol. The number of methoxy groups -OCH3 is 1. The minimum absolute atomic E-state index is 0.113. The molecule has 0 radical (unpaired) electrons. The molecule has 7 nitrogen and oxygen atoms in total. The van der Waals surface area contributed by atoms with Gasteiger partial charge < -0.3 is 24.3 Å². The Hall–Kier alpha value is -1.83. The van der Waals surface area contributed by atoms with Crippen LogP contribution < -0.4 is 10.1 Å². The minimum Gasteiger partial charge on any atom is -0.496 e. The van der Waals surface area contributed by atoms with E-state index in [0.29, 0.717) is 6.04 Å². The number of likely N-dealkylation sites (tertiary alicyclic amines) is 3. The van der Waals surface area contributed by atoms with Crippen molar-refractivity contribution in [3.05, 3.63) is 23.3 Å². The number of hydrogen-bond acceptors (Lipinski definition) is 7. The number of nitrogens with zero attached hydrogens (tertiary/aromatic N) is 5. The molecule has 4 heterocycles. The second-order valence-corrected chi connectivity index (χ2v) is 12.8. The standard InChI is InChI=1S/C32H54N6O/c1-25(2)24-37-20-13-27(14-21-37)33-31-28-23-30(39-4)26(12-19-36-15-8-7-9-16-36)22-29(28)34-32(35(31)3)38-17-10-5-6-11-18-38/h22-23,25,27,31,33H,5-21,24H2,1-4H3. The third-order valence-corrected chi connectivity index (χ3v) is 9.29. The maximum Gasteiger partial charge on any atom is 0.203 e. The van der Waals surface area contributed by atoms with E-state index in [0.717, 1.165) is 49.4 Å². The third kappa shape index (κ3) is 7.28. The lowest BCUT2D eigenvalue weighted by Crippen LogP contribution is -2.53. The Bertz CT molecular complexity index is 942. The lowest BCUT2D eigenvalue weighted by atomic mass is 9.98. The monoisotopic (exact) mass is 538 g/mol.